The van der Waals surface area contributed by atoms with E-state index in [2.05, 4.69) is 57.1 Å². The van der Waals surface area contributed by atoms with Gasteiger partial charge in [-0.05, 0) is 19.3 Å². The van der Waals surface area contributed by atoms with E-state index in [1.807, 2.05) is 6.92 Å². The number of aliphatic hydroxyl groups excluding tert-OH is 2. The number of carbonyl (C=O) groups excluding carboxylic acids is 2. The molecule has 33 heavy (non-hydrogen) atoms. The summed E-state index contributed by atoms with van der Waals surface area (Å²) in [5.41, 5.74) is -0.446. The molecule has 1 aliphatic carbocycles. The number of unbranched alkanes of at least 4 members (excludes halogenated alkanes) is 3. The molecular formula is C24H37Br2NO6. The zero-order valence-corrected chi connectivity index (χ0v) is 23.0. The second-order valence-corrected chi connectivity index (χ2v) is 11.1. The molecule has 2 rings (SSSR count). The van der Waals surface area contributed by atoms with Gasteiger partial charge in [0, 0.05) is 19.6 Å². The van der Waals surface area contributed by atoms with E-state index in [9.17, 15) is 19.8 Å². The fraction of sp³-hybridized carbons (Fsp3) is 0.750. The monoisotopic (exact) mass is 593 g/mol. The Bertz CT molecular complexity index is 724. The van der Waals surface area contributed by atoms with Crippen molar-refractivity contribution in [3.63, 3.8) is 0 Å². The van der Waals surface area contributed by atoms with Crippen molar-refractivity contribution >= 4 is 43.6 Å². The Balaban J connectivity index is 2.00. The van der Waals surface area contributed by atoms with E-state index in [0.717, 1.165) is 12.0 Å². The number of aliphatic hydroxyl groups is 2. The lowest BCUT2D eigenvalue weighted by molar-refractivity contribution is -0.229. The molecule has 1 amide bonds. The zero-order valence-electron chi connectivity index (χ0n) is 19.8. The van der Waals surface area contributed by atoms with Crippen LogP contribution in [0.3, 0.4) is 0 Å². The number of ether oxygens (including phenoxy) is 2. The van der Waals surface area contributed by atoms with E-state index in [0.29, 0.717) is 5.92 Å². The summed E-state index contributed by atoms with van der Waals surface area (Å²) in [6.07, 6.45) is 8.10. The van der Waals surface area contributed by atoms with E-state index in [4.69, 9.17) is 9.47 Å². The summed E-state index contributed by atoms with van der Waals surface area (Å²) in [4.78, 5) is 23.0. The number of alkyl halides is 2. The van der Waals surface area contributed by atoms with Gasteiger partial charge < -0.3 is 25.0 Å². The molecule has 1 saturated heterocycles. The third-order valence-electron chi connectivity index (χ3n) is 6.42. The first kappa shape index (κ1) is 28.7. The fourth-order valence-corrected chi connectivity index (χ4v) is 6.37. The largest absolute Gasteiger partial charge is 0.388 e. The van der Waals surface area contributed by atoms with Gasteiger partial charge in [0.05, 0.1) is 6.04 Å². The molecule has 2 fully saturated rings. The Kier molecular flexibility index (Phi) is 11.2. The predicted molar refractivity (Wildman–Crippen MR) is 134 cm³/mol. The number of methoxy groups -OCH3 is 1. The first-order chi connectivity index (χ1) is 15.6. The van der Waals surface area contributed by atoms with Crippen LogP contribution < -0.4 is 5.32 Å². The van der Waals surface area contributed by atoms with Crippen molar-refractivity contribution in [1.82, 2.24) is 5.32 Å². The first-order valence-corrected chi connectivity index (χ1v) is 13.5. The molecule has 1 heterocycles. The maximum atomic E-state index is 12.6. The molecular weight excluding hydrogens is 558 g/mol. The lowest BCUT2D eigenvalue weighted by atomic mass is 9.76. The summed E-state index contributed by atoms with van der Waals surface area (Å²) in [5, 5.41) is 24.3. The van der Waals surface area contributed by atoms with Crippen LogP contribution >= 0.6 is 31.9 Å². The van der Waals surface area contributed by atoms with Gasteiger partial charge in [-0.3, -0.25) is 9.59 Å². The molecule has 2 aliphatic rings. The van der Waals surface area contributed by atoms with Gasteiger partial charge in [0.1, 0.15) is 27.5 Å². The summed E-state index contributed by atoms with van der Waals surface area (Å²) in [6.45, 7) is 6.35. The summed E-state index contributed by atoms with van der Waals surface area (Å²) >= 11 is 6.40. The van der Waals surface area contributed by atoms with Gasteiger partial charge >= 0.3 is 0 Å². The fourth-order valence-electron chi connectivity index (χ4n) is 4.55. The lowest BCUT2D eigenvalue weighted by Gasteiger charge is -2.45. The highest BCUT2D eigenvalue weighted by molar-refractivity contribution is 9.10. The van der Waals surface area contributed by atoms with Crippen LogP contribution in [0.5, 0.6) is 0 Å². The number of halogens is 2. The SMILES string of the molecule is CCCCCC[C@@H](C)/C=C(C)/C=C/C(=O)N[C@H]1CC2(O[C@H]1OC)[C@H](O)[C@H](Br)C(=O)[C@H](Br)[C@H]2O. The number of hydrogen-bond acceptors (Lipinski definition) is 6. The van der Waals surface area contributed by atoms with Gasteiger partial charge in [-0.15, -0.1) is 0 Å². The van der Waals surface area contributed by atoms with Crippen LogP contribution in [0.1, 0.15) is 59.3 Å². The lowest BCUT2D eigenvalue weighted by Crippen LogP contribution is -2.66. The molecule has 1 saturated carbocycles. The van der Waals surface area contributed by atoms with Crippen molar-refractivity contribution in [2.24, 2.45) is 5.92 Å². The average Bonchev–Trinajstić information content (AvgIpc) is 3.16. The Morgan fingerprint density at radius 3 is 2.45 bits per heavy atom. The van der Waals surface area contributed by atoms with E-state index in [1.165, 1.54) is 38.9 Å². The number of Topliss-reactive ketones (excluding diaryl/α,β-unsaturated/α-hetero) is 1. The summed E-state index contributed by atoms with van der Waals surface area (Å²) < 4.78 is 11.3. The smallest absolute Gasteiger partial charge is 0.244 e. The molecule has 0 radical (unpaired) electrons. The van der Waals surface area contributed by atoms with Crippen LogP contribution in [0, 0.1) is 5.92 Å². The third kappa shape index (κ3) is 6.98. The second-order valence-electron chi connectivity index (χ2n) is 9.16. The van der Waals surface area contributed by atoms with Gasteiger partial charge in [-0.25, -0.2) is 0 Å². The van der Waals surface area contributed by atoms with Crippen LogP contribution in [0.4, 0.5) is 0 Å². The van der Waals surface area contributed by atoms with Crippen LogP contribution in [0.2, 0.25) is 0 Å². The highest BCUT2D eigenvalue weighted by Gasteiger charge is 2.64. The zero-order chi connectivity index (χ0) is 24.8. The number of nitrogens with one attached hydrogen (secondary N) is 1. The number of ketones is 1. The Morgan fingerprint density at radius 1 is 1.24 bits per heavy atom. The van der Waals surface area contributed by atoms with Crippen LogP contribution in [-0.4, -0.2) is 68.8 Å². The van der Waals surface area contributed by atoms with E-state index in [1.54, 1.807) is 6.08 Å². The van der Waals surface area contributed by atoms with Crippen molar-refractivity contribution < 1.29 is 29.3 Å². The Labute approximate surface area is 213 Å². The minimum Gasteiger partial charge on any atom is -0.388 e. The summed E-state index contributed by atoms with van der Waals surface area (Å²) in [6, 6.07) is -0.606. The first-order valence-electron chi connectivity index (χ1n) is 11.6. The Morgan fingerprint density at radius 2 is 1.88 bits per heavy atom. The van der Waals surface area contributed by atoms with Crippen LogP contribution in [0.15, 0.2) is 23.8 Å². The van der Waals surface area contributed by atoms with Crippen molar-refractivity contribution in [3.05, 3.63) is 23.8 Å². The molecule has 9 heteroatoms. The van der Waals surface area contributed by atoms with Crippen LogP contribution in [0.25, 0.3) is 0 Å². The minimum atomic E-state index is -1.46. The van der Waals surface area contributed by atoms with E-state index in [-0.39, 0.29) is 18.1 Å². The molecule has 0 aromatic rings. The van der Waals surface area contributed by atoms with Gasteiger partial charge in [0.25, 0.3) is 0 Å². The number of rotatable bonds is 10. The summed E-state index contributed by atoms with van der Waals surface area (Å²) in [7, 11) is 1.43. The van der Waals surface area contributed by atoms with Gasteiger partial charge in [-0.2, -0.15) is 0 Å². The highest BCUT2D eigenvalue weighted by Crippen LogP contribution is 2.45. The van der Waals surface area contributed by atoms with Crippen LogP contribution in [-0.2, 0) is 19.1 Å². The maximum Gasteiger partial charge on any atom is 0.244 e. The van der Waals surface area contributed by atoms with E-state index < -0.39 is 39.8 Å². The molecule has 8 atom stereocenters. The molecule has 1 spiro atoms. The molecule has 0 aromatic carbocycles. The summed E-state index contributed by atoms with van der Waals surface area (Å²) in [5.74, 6) is -0.245. The van der Waals surface area contributed by atoms with E-state index >= 15 is 0 Å². The number of allylic oxidation sites excluding steroid dienone is 3. The molecule has 7 nitrogen and oxygen atoms in total. The molecule has 1 aliphatic heterocycles. The maximum absolute atomic E-state index is 12.6. The molecule has 0 aromatic heterocycles. The average molecular weight is 595 g/mol. The van der Waals surface area contributed by atoms with Gasteiger partial charge in [0.2, 0.25) is 5.91 Å². The molecule has 0 bridgehead atoms. The van der Waals surface area contributed by atoms with Crippen molar-refractivity contribution in [1.29, 1.82) is 0 Å². The van der Waals surface area contributed by atoms with Crippen molar-refractivity contribution in [2.75, 3.05) is 7.11 Å². The number of carbonyl (C=O) groups is 2. The quantitative estimate of drug-likeness (QED) is 0.155. The second kappa shape index (κ2) is 12.9. The topological polar surface area (TPSA) is 105 Å². The Hall–Kier alpha value is -0.580. The molecule has 188 valence electrons. The van der Waals surface area contributed by atoms with Gasteiger partial charge in [0.15, 0.2) is 12.1 Å². The standard InChI is InChI=1S/C24H37Br2NO6/c1-5-6-7-8-9-14(2)12-15(3)10-11-17(28)27-16-13-24(33-23(16)32-4)21(30)18(25)20(29)19(26)22(24)31/h10-12,14,16,18-19,21-23,30-31H,5-9,13H2,1-4H3,(H,27,28)/b11-10+,15-12+/t14-,16+,18-,19+,21-,22-,23-,24?/m1/s1. The van der Waals surface area contributed by atoms with Crippen molar-refractivity contribution in [3.8, 4) is 0 Å². The number of hydrogen-bond donors (Lipinski definition) is 3. The highest BCUT2D eigenvalue weighted by atomic mass is 79.9. The van der Waals surface area contributed by atoms with Crippen molar-refractivity contribution in [2.45, 2.75) is 99.1 Å². The molecule has 3 N–H and O–H groups in total. The third-order valence-corrected chi connectivity index (χ3v) is 8.32. The molecule has 1 unspecified atom stereocenters. The van der Waals surface area contributed by atoms with Gasteiger partial charge in [-0.1, -0.05) is 89.1 Å². The minimum absolute atomic E-state index is 0.0918. The normalized spacial score (nSPS) is 36.0. The number of amides is 1. The predicted octanol–water partition coefficient (Wildman–Crippen LogP) is 3.54.